The normalized spacial score (nSPS) is 12.8. The zero-order valence-electron chi connectivity index (χ0n) is 12.6. The summed E-state index contributed by atoms with van der Waals surface area (Å²) in [7, 11) is 0. The number of nitro groups is 1. The summed E-state index contributed by atoms with van der Waals surface area (Å²) in [5.41, 5.74) is 0.519. The van der Waals surface area contributed by atoms with Gasteiger partial charge in [0.05, 0.1) is 17.4 Å². The van der Waals surface area contributed by atoms with Gasteiger partial charge in [0.25, 0.3) is 5.69 Å². The summed E-state index contributed by atoms with van der Waals surface area (Å²) < 4.78 is 0. The molecule has 0 heterocycles. The number of aliphatic hydroxyl groups excluding tert-OH is 1. The van der Waals surface area contributed by atoms with E-state index in [0.29, 0.717) is 13.0 Å². The highest BCUT2D eigenvalue weighted by molar-refractivity contribution is 5.78. The Morgan fingerprint density at radius 2 is 1.90 bits per heavy atom. The summed E-state index contributed by atoms with van der Waals surface area (Å²) in [5, 5.41) is 23.1. The van der Waals surface area contributed by atoms with E-state index >= 15 is 0 Å². The summed E-state index contributed by atoms with van der Waals surface area (Å²) in [6.07, 6.45) is 0.191. The maximum absolute atomic E-state index is 11.7. The Bertz CT molecular complexity index is 491. The molecule has 116 valence electrons. The minimum atomic E-state index is -0.475. The van der Waals surface area contributed by atoms with Crippen LogP contribution in [0, 0.1) is 15.5 Å². The van der Waals surface area contributed by atoms with E-state index in [0.717, 1.165) is 5.56 Å². The van der Waals surface area contributed by atoms with E-state index in [1.807, 2.05) is 20.8 Å². The van der Waals surface area contributed by atoms with Gasteiger partial charge < -0.3 is 10.4 Å². The Balaban J connectivity index is 2.39. The first kappa shape index (κ1) is 17.1. The fourth-order valence-electron chi connectivity index (χ4n) is 1.76. The number of rotatable bonds is 6. The van der Waals surface area contributed by atoms with Crippen LogP contribution in [0.3, 0.4) is 0 Å². The van der Waals surface area contributed by atoms with Gasteiger partial charge in [0.2, 0.25) is 5.91 Å². The van der Waals surface area contributed by atoms with Crippen LogP contribution >= 0.6 is 0 Å². The van der Waals surface area contributed by atoms with E-state index < -0.39 is 11.0 Å². The fourth-order valence-corrected chi connectivity index (χ4v) is 1.76. The zero-order valence-corrected chi connectivity index (χ0v) is 12.6. The van der Waals surface area contributed by atoms with Crippen LogP contribution in [0.2, 0.25) is 0 Å². The van der Waals surface area contributed by atoms with Crippen LogP contribution in [0.15, 0.2) is 24.3 Å². The standard InChI is InChI=1S/C15H22N2O4/c1-15(2,3)13(18)8-9-16-14(19)10-11-4-6-12(7-5-11)17(20)21/h4-7,13,18H,8-10H2,1-3H3,(H,16,19). The fraction of sp³-hybridized carbons (Fsp3) is 0.533. The quantitative estimate of drug-likeness (QED) is 0.620. The second-order valence-corrected chi connectivity index (χ2v) is 6.12. The second-order valence-electron chi connectivity index (χ2n) is 6.12. The van der Waals surface area contributed by atoms with Crippen LogP contribution < -0.4 is 5.32 Å². The lowest BCUT2D eigenvalue weighted by molar-refractivity contribution is -0.384. The number of hydrogen-bond donors (Lipinski definition) is 2. The van der Waals surface area contributed by atoms with Crippen molar-refractivity contribution >= 4 is 11.6 Å². The molecule has 0 aliphatic heterocycles. The first-order valence-corrected chi connectivity index (χ1v) is 6.88. The molecule has 1 aromatic rings. The molecule has 0 saturated heterocycles. The van der Waals surface area contributed by atoms with Gasteiger partial charge in [0, 0.05) is 18.7 Å². The molecule has 2 N–H and O–H groups in total. The zero-order chi connectivity index (χ0) is 16.0. The van der Waals surface area contributed by atoms with Gasteiger partial charge >= 0.3 is 0 Å². The van der Waals surface area contributed by atoms with Gasteiger partial charge in [0.15, 0.2) is 0 Å². The molecule has 0 saturated carbocycles. The maximum atomic E-state index is 11.7. The molecule has 21 heavy (non-hydrogen) atoms. The second kappa shape index (κ2) is 7.17. The Morgan fingerprint density at radius 3 is 2.38 bits per heavy atom. The van der Waals surface area contributed by atoms with Gasteiger partial charge in [0.1, 0.15) is 0 Å². The molecule has 6 heteroatoms. The number of carbonyl (C=O) groups excluding carboxylic acids is 1. The highest BCUT2D eigenvalue weighted by Gasteiger charge is 2.21. The largest absolute Gasteiger partial charge is 0.393 e. The van der Waals surface area contributed by atoms with Crippen molar-refractivity contribution in [1.82, 2.24) is 5.32 Å². The van der Waals surface area contributed by atoms with Gasteiger partial charge in [-0.05, 0) is 17.4 Å². The van der Waals surface area contributed by atoms with Crippen LogP contribution in [0.5, 0.6) is 0 Å². The van der Waals surface area contributed by atoms with Gasteiger partial charge in [-0.1, -0.05) is 32.9 Å². The summed E-state index contributed by atoms with van der Waals surface area (Å²) in [5.74, 6) is -0.162. The van der Waals surface area contributed by atoms with Crippen LogP contribution in [0.4, 0.5) is 5.69 Å². The van der Waals surface area contributed by atoms with Gasteiger partial charge in [-0.25, -0.2) is 0 Å². The number of nitro benzene ring substituents is 1. The number of benzene rings is 1. The van der Waals surface area contributed by atoms with Crippen molar-refractivity contribution in [3.8, 4) is 0 Å². The van der Waals surface area contributed by atoms with Crippen LogP contribution in [-0.2, 0) is 11.2 Å². The number of carbonyl (C=O) groups is 1. The van der Waals surface area contributed by atoms with E-state index in [2.05, 4.69) is 5.32 Å². The number of non-ortho nitro benzene ring substituents is 1. The molecule has 0 aromatic heterocycles. The highest BCUT2D eigenvalue weighted by atomic mass is 16.6. The summed E-state index contributed by atoms with van der Waals surface area (Å²) in [6.45, 7) is 6.23. The molecule has 0 radical (unpaired) electrons. The topological polar surface area (TPSA) is 92.5 Å². The van der Waals surface area contributed by atoms with Crippen LogP contribution in [-0.4, -0.2) is 28.6 Å². The first-order chi connectivity index (χ1) is 9.70. The van der Waals surface area contributed by atoms with Crippen molar-refractivity contribution in [2.24, 2.45) is 5.41 Å². The Morgan fingerprint density at radius 1 is 1.33 bits per heavy atom. The number of aliphatic hydroxyl groups is 1. The van der Waals surface area contributed by atoms with Crippen molar-refractivity contribution in [1.29, 1.82) is 0 Å². The Hall–Kier alpha value is -1.95. The molecule has 1 amide bonds. The maximum Gasteiger partial charge on any atom is 0.269 e. The third kappa shape index (κ3) is 5.91. The minimum absolute atomic E-state index is 0.00691. The predicted molar refractivity (Wildman–Crippen MR) is 79.9 cm³/mol. The minimum Gasteiger partial charge on any atom is -0.393 e. The van der Waals surface area contributed by atoms with Crippen LogP contribution in [0.25, 0.3) is 0 Å². The molecular weight excluding hydrogens is 272 g/mol. The Labute approximate surface area is 124 Å². The van der Waals surface area contributed by atoms with E-state index in [-0.39, 0.29) is 23.4 Å². The third-order valence-electron chi connectivity index (χ3n) is 3.25. The number of amides is 1. The third-order valence-corrected chi connectivity index (χ3v) is 3.25. The van der Waals surface area contributed by atoms with Crippen molar-refractivity contribution in [2.75, 3.05) is 6.54 Å². The van der Waals surface area contributed by atoms with Crippen molar-refractivity contribution in [3.05, 3.63) is 39.9 Å². The number of hydrogen-bond acceptors (Lipinski definition) is 4. The van der Waals surface area contributed by atoms with Crippen molar-refractivity contribution < 1.29 is 14.8 Å². The van der Waals surface area contributed by atoms with Gasteiger partial charge in [-0.2, -0.15) is 0 Å². The SMILES string of the molecule is CC(C)(C)C(O)CCNC(=O)Cc1ccc([N+](=O)[O-])cc1. The highest BCUT2D eigenvalue weighted by Crippen LogP contribution is 2.20. The average molecular weight is 294 g/mol. The lowest BCUT2D eigenvalue weighted by Crippen LogP contribution is -2.33. The molecule has 1 unspecified atom stereocenters. The molecule has 6 nitrogen and oxygen atoms in total. The van der Waals surface area contributed by atoms with Gasteiger partial charge in [-0.3, -0.25) is 14.9 Å². The van der Waals surface area contributed by atoms with Crippen LogP contribution in [0.1, 0.15) is 32.8 Å². The molecule has 0 aliphatic carbocycles. The number of nitrogens with one attached hydrogen (secondary N) is 1. The van der Waals surface area contributed by atoms with E-state index in [4.69, 9.17) is 0 Å². The Kier molecular flexibility index (Phi) is 5.84. The first-order valence-electron chi connectivity index (χ1n) is 6.88. The van der Waals surface area contributed by atoms with Gasteiger partial charge in [-0.15, -0.1) is 0 Å². The molecule has 0 aliphatic rings. The monoisotopic (exact) mass is 294 g/mol. The molecule has 0 bridgehead atoms. The van der Waals surface area contributed by atoms with Crippen molar-refractivity contribution in [3.63, 3.8) is 0 Å². The lowest BCUT2D eigenvalue weighted by atomic mass is 9.87. The molecule has 1 aromatic carbocycles. The molecular formula is C15H22N2O4. The molecule has 0 spiro atoms. The van der Waals surface area contributed by atoms with E-state index in [9.17, 15) is 20.0 Å². The lowest BCUT2D eigenvalue weighted by Gasteiger charge is -2.25. The average Bonchev–Trinajstić information content (AvgIpc) is 2.38. The summed E-state index contributed by atoms with van der Waals surface area (Å²) >= 11 is 0. The van der Waals surface area contributed by atoms with E-state index in [1.54, 1.807) is 12.1 Å². The predicted octanol–water partition coefficient (Wildman–Crippen LogP) is 2.05. The van der Waals surface area contributed by atoms with E-state index in [1.165, 1.54) is 12.1 Å². The molecule has 1 rings (SSSR count). The summed E-state index contributed by atoms with van der Waals surface area (Å²) in [4.78, 5) is 21.8. The smallest absolute Gasteiger partial charge is 0.269 e. The molecule has 0 fully saturated rings. The molecule has 1 atom stereocenters. The van der Waals surface area contributed by atoms with Crippen molar-refractivity contribution in [2.45, 2.75) is 39.7 Å². The summed E-state index contributed by atoms with van der Waals surface area (Å²) in [6, 6.07) is 5.90. The number of nitrogens with zero attached hydrogens (tertiary/aromatic N) is 1.